The molecule has 5 rings (SSSR count). The SMILES string of the molecule is Cc1c2c(cc3ccccc13)-c1nccc3ccc([CH2][Ge]([CH3])([CH3])[CH3])c(c13)S2. The van der Waals surface area contributed by atoms with Gasteiger partial charge < -0.3 is 0 Å². The molecule has 0 spiro atoms. The van der Waals surface area contributed by atoms with Crippen molar-refractivity contribution in [2.75, 3.05) is 0 Å². The van der Waals surface area contributed by atoms with Gasteiger partial charge in [-0.15, -0.1) is 0 Å². The molecule has 3 aromatic carbocycles. The number of pyridine rings is 1. The normalized spacial score (nSPS) is 13.2. The third-order valence-corrected chi connectivity index (χ3v) is 9.82. The van der Waals surface area contributed by atoms with E-state index in [0.717, 1.165) is 5.69 Å². The molecule has 4 aromatic rings. The Labute approximate surface area is 167 Å². The van der Waals surface area contributed by atoms with Gasteiger partial charge in [0, 0.05) is 0 Å². The quantitative estimate of drug-likeness (QED) is 0.274. The molecule has 0 fully saturated rings. The van der Waals surface area contributed by atoms with E-state index in [1.807, 2.05) is 18.0 Å². The van der Waals surface area contributed by atoms with Gasteiger partial charge in [-0.05, 0) is 0 Å². The molecule has 27 heavy (non-hydrogen) atoms. The number of aryl methyl sites for hydroxylation is 1. The minimum absolute atomic E-state index is 1.16. The van der Waals surface area contributed by atoms with Crippen molar-refractivity contribution in [2.45, 2.75) is 39.2 Å². The first-order valence-electron chi connectivity index (χ1n) is 9.53. The van der Waals surface area contributed by atoms with E-state index in [0.29, 0.717) is 0 Å². The standard InChI is InChI=1S/C24H23GeNS/c1-15-19-8-6-5-7-17(19)13-20-22-21-16(11-12-26-22)9-10-18(14-25(2,3)4)24(21)27-23(15)20/h5-13H,14H2,1-4H3. The molecule has 3 heteroatoms. The number of fused-ring (bicyclic) bond motifs is 3. The molecule has 134 valence electrons. The van der Waals surface area contributed by atoms with Gasteiger partial charge in [-0.25, -0.2) is 0 Å². The van der Waals surface area contributed by atoms with Crippen LogP contribution in [0.4, 0.5) is 0 Å². The summed E-state index contributed by atoms with van der Waals surface area (Å²) in [7, 11) is 0. The number of hydrogen-bond acceptors (Lipinski definition) is 2. The van der Waals surface area contributed by atoms with Crippen LogP contribution in [0.1, 0.15) is 11.1 Å². The van der Waals surface area contributed by atoms with Gasteiger partial charge in [0.15, 0.2) is 0 Å². The van der Waals surface area contributed by atoms with Gasteiger partial charge in [0.1, 0.15) is 0 Å². The van der Waals surface area contributed by atoms with Gasteiger partial charge in [0.2, 0.25) is 0 Å². The topological polar surface area (TPSA) is 12.9 Å². The molecule has 0 saturated heterocycles. The predicted octanol–water partition coefficient (Wildman–Crippen LogP) is 7.25. The second-order valence-electron chi connectivity index (χ2n) is 8.75. The van der Waals surface area contributed by atoms with E-state index in [1.54, 1.807) is 0 Å². The summed E-state index contributed by atoms with van der Waals surface area (Å²) in [5, 5.41) is 6.58. The number of aromatic nitrogens is 1. The molecule has 1 aliphatic heterocycles. The Balaban J connectivity index is 1.86. The molecule has 1 aliphatic rings. The Hall–Kier alpha value is -1.78. The zero-order chi connectivity index (χ0) is 18.8. The summed E-state index contributed by atoms with van der Waals surface area (Å²) in [4.78, 5) is 7.70. The maximum atomic E-state index is 4.87. The van der Waals surface area contributed by atoms with E-state index in [4.69, 9.17) is 4.98 Å². The van der Waals surface area contributed by atoms with Crippen LogP contribution in [0.2, 0.25) is 17.3 Å². The van der Waals surface area contributed by atoms with E-state index in [1.165, 1.54) is 53.3 Å². The van der Waals surface area contributed by atoms with E-state index >= 15 is 0 Å². The summed E-state index contributed by atoms with van der Waals surface area (Å²) < 4.78 is 0. The predicted molar refractivity (Wildman–Crippen MR) is 121 cm³/mol. The van der Waals surface area contributed by atoms with Crippen LogP contribution in [0.3, 0.4) is 0 Å². The van der Waals surface area contributed by atoms with Crippen LogP contribution < -0.4 is 0 Å². The van der Waals surface area contributed by atoms with Crippen LogP contribution >= 0.6 is 11.8 Å². The third-order valence-electron chi connectivity index (χ3n) is 5.40. The molecule has 0 aliphatic carbocycles. The fourth-order valence-corrected chi connectivity index (χ4v) is 8.84. The van der Waals surface area contributed by atoms with Gasteiger partial charge in [0.25, 0.3) is 0 Å². The van der Waals surface area contributed by atoms with E-state index in [2.05, 4.69) is 72.7 Å². The zero-order valence-electron chi connectivity index (χ0n) is 16.3. The maximum absolute atomic E-state index is 4.87. The monoisotopic (exact) mass is 431 g/mol. The minimum atomic E-state index is -1.72. The van der Waals surface area contributed by atoms with Crippen molar-refractivity contribution in [2.24, 2.45) is 0 Å². The van der Waals surface area contributed by atoms with Gasteiger partial charge in [0.05, 0.1) is 0 Å². The Morgan fingerprint density at radius 1 is 0.926 bits per heavy atom. The van der Waals surface area contributed by atoms with Crippen LogP contribution in [0.25, 0.3) is 32.8 Å². The van der Waals surface area contributed by atoms with Crippen molar-refractivity contribution in [1.29, 1.82) is 0 Å². The molecule has 0 amide bonds. The molecule has 0 N–H and O–H groups in total. The van der Waals surface area contributed by atoms with Crippen LogP contribution in [0.5, 0.6) is 0 Å². The van der Waals surface area contributed by atoms with Crippen LogP contribution in [-0.2, 0) is 5.25 Å². The van der Waals surface area contributed by atoms with Crippen molar-refractivity contribution in [1.82, 2.24) is 4.98 Å². The summed E-state index contributed by atoms with van der Waals surface area (Å²) in [6.45, 7) is 2.27. The Bertz CT molecular complexity index is 1220. The molecular formula is C24H23GeNS. The molecule has 0 saturated carbocycles. The first-order valence-corrected chi connectivity index (χ1v) is 18.1. The van der Waals surface area contributed by atoms with Crippen molar-refractivity contribution in [3.05, 3.63) is 65.9 Å². The first kappa shape index (κ1) is 17.3. The Morgan fingerprint density at radius 2 is 1.74 bits per heavy atom. The van der Waals surface area contributed by atoms with Crippen LogP contribution in [-0.4, -0.2) is 18.3 Å². The first-order chi connectivity index (χ1) is 12.9. The number of nitrogens with zero attached hydrogens (tertiary/aromatic N) is 1. The Kier molecular flexibility index (Phi) is 3.92. The van der Waals surface area contributed by atoms with E-state index < -0.39 is 13.3 Å². The number of hydrogen-bond donors (Lipinski definition) is 0. The van der Waals surface area contributed by atoms with E-state index in [9.17, 15) is 0 Å². The molecular weight excluding hydrogens is 407 g/mol. The summed E-state index contributed by atoms with van der Waals surface area (Å²) in [6.07, 6.45) is 1.97. The molecule has 0 unspecified atom stereocenters. The van der Waals surface area contributed by atoms with E-state index in [-0.39, 0.29) is 0 Å². The van der Waals surface area contributed by atoms with Crippen molar-refractivity contribution < 1.29 is 0 Å². The van der Waals surface area contributed by atoms with Gasteiger partial charge in [-0.1, -0.05) is 0 Å². The van der Waals surface area contributed by atoms with Gasteiger partial charge >= 0.3 is 168 Å². The fraction of sp³-hybridized carbons (Fsp3) is 0.208. The van der Waals surface area contributed by atoms with Gasteiger partial charge in [-0.2, -0.15) is 0 Å². The summed E-state index contributed by atoms with van der Waals surface area (Å²) in [6, 6.07) is 17.9. The van der Waals surface area contributed by atoms with Crippen molar-refractivity contribution in [3.8, 4) is 11.3 Å². The van der Waals surface area contributed by atoms with Crippen molar-refractivity contribution in [3.63, 3.8) is 0 Å². The third kappa shape index (κ3) is 2.81. The number of rotatable bonds is 2. The molecule has 1 nitrogen and oxygen atoms in total. The van der Waals surface area contributed by atoms with Gasteiger partial charge in [-0.3, -0.25) is 0 Å². The second kappa shape index (κ2) is 6.11. The Morgan fingerprint density at radius 3 is 2.56 bits per heavy atom. The molecule has 0 radical (unpaired) electrons. The van der Waals surface area contributed by atoms with Crippen LogP contribution in [0, 0.1) is 6.92 Å². The van der Waals surface area contributed by atoms with Crippen molar-refractivity contribution >= 4 is 46.6 Å². The van der Waals surface area contributed by atoms with Crippen LogP contribution in [0.15, 0.2) is 64.5 Å². The average Bonchev–Trinajstić information content (AvgIpc) is 2.64. The molecule has 2 heterocycles. The number of benzene rings is 3. The average molecular weight is 430 g/mol. The molecule has 1 aromatic heterocycles. The second-order valence-corrected chi connectivity index (χ2v) is 21.3. The molecule has 0 atom stereocenters. The summed E-state index contributed by atoms with van der Waals surface area (Å²) in [5.41, 5.74) is 5.36. The molecule has 0 bridgehead atoms. The summed E-state index contributed by atoms with van der Waals surface area (Å²) >= 11 is 0.252. The zero-order valence-corrected chi connectivity index (χ0v) is 19.2. The summed E-state index contributed by atoms with van der Waals surface area (Å²) in [5.74, 6) is 7.50. The fourth-order valence-electron chi connectivity index (χ4n) is 4.23.